The Morgan fingerprint density at radius 3 is 2.62 bits per heavy atom. The Bertz CT molecular complexity index is 1000. The van der Waals surface area contributed by atoms with E-state index < -0.39 is 0 Å². The van der Waals surface area contributed by atoms with Gasteiger partial charge in [-0.25, -0.2) is 4.68 Å². The van der Waals surface area contributed by atoms with Gasteiger partial charge in [0, 0.05) is 11.4 Å². The first-order valence-electron chi connectivity index (χ1n) is 9.74. The van der Waals surface area contributed by atoms with Gasteiger partial charge in [0.05, 0.1) is 19.2 Å². The van der Waals surface area contributed by atoms with Gasteiger partial charge in [0.15, 0.2) is 0 Å². The topological polar surface area (TPSA) is 60.2 Å². The molecule has 0 fully saturated rings. The summed E-state index contributed by atoms with van der Waals surface area (Å²) in [5.41, 5.74) is 2.00. The molecular weight excluding hydrogens is 388 g/mol. The maximum atomic E-state index is 13.1. The first kappa shape index (κ1) is 19.5. The van der Waals surface area contributed by atoms with Crippen molar-refractivity contribution in [2.75, 3.05) is 12.0 Å². The third-order valence-electron chi connectivity index (χ3n) is 5.32. The van der Waals surface area contributed by atoms with Gasteiger partial charge in [0.1, 0.15) is 12.1 Å². The molecule has 2 atom stereocenters. The van der Waals surface area contributed by atoms with Gasteiger partial charge in [-0.1, -0.05) is 48.9 Å². The second-order valence-electron chi connectivity index (χ2n) is 7.08. The molecule has 4 rings (SSSR count). The lowest BCUT2D eigenvalue weighted by molar-refractivity contribution is -0.119. The predicted octanol–water partition coefficient (Wildman–Crippen LogP) is 4.81. The van der Waals surface area contributed by atoms with Crippen molar-refractivity contribution in [3.63, 3.8) is 0 Å². The van der Waals surface area contributed by atoms with E-state index in [9.17, 15) is 4.79 Å². The smallest absolute Gasteiger partial charge is 0.231 e. The number of hydrogen-bond donors (Lipinski definition) is 0. The zero-order chi connectivity index (χ0) is 20.4. The molecule has 2 aromatic carbocycles. The zero-order valence-electron chi connectivity index (χ0n) is 16.5. The van der Waals surface area contributed by atoms with Crippen molar-refractivity contribution < 1.29 is 9.53 Å². The molecule has 0 N–H and O–H groups in total. The number of halogens is 1. The van der Waals surface area contributed by atoms with E-state index in [0.717, 1.165) is 23.3 Å². The summed E-state index contributed by atoms with van der Waals surface area (Å²) in [6.45, 7) is 2.00. The van der Waals surface area contributed by atoms with E-state index in [-0.39, 0.29) is 18.0 Å². The molecule has 0 radical (unpaired) electrons. The van der Waals surface area contributed by atoms with Crippen LogP contribution in [0.3, 0.4) is 0 Å². The molecule has 0 unspecified atom stereocenters. The number of benzene rings is 2. The molecule has 1 aliphatic heterocycles. The fraction of sp³-hybridized carbons (Fsp3) is 0.318. The van der Waals surface area contributed by atoms with E-state index in [1.807, 2.05) is 60.1 Å². The van der Waals surface area contributed by atoms with Crippen LogP contribution in [0, 0.1) is 0 Å². The zero-order valence-corrected chi connectivity index (χ0v) is 17.2. The minimum Gasteiger partial charge on any atom is -0.497 e. The van der Waals surface area contributed by atoms with Gasteiger partial charge in [-0.15, -0.1) is 0 Å². The van der Waals surface area contributed by atoms with Crippen LogP contribution in [0.5, 0.6) is 5.75 Å². The fourth-order valence-electron chi connectivity index (χ4n) is 3.93. The lowest BCUT2D eigenvalue weighted by Gasteiger charge is -2.39. The van der Waals surface area contributed by atoms with Crippen LogP contribution >= 0.6 is 11.6 Å². The second-order valence-corrected chi connectivity index (χ2v) is 7.49. The van der Waals surface area contributed by atoms with Crippen molar-refractivity contribution in [2.24, 2.45) is 0 Å². The highest BCUT2D eigenvalue weighted by Crippen LogP contribution is 2.43. The molecule has 150 valence electrons. The molecule has 6 nitrogen and oxygen atoms in total. The van der Waals surface area contributed by atoms with E-state index in [2.05, 4.69) is 10.1 Å². The number of rotatable bonds is 5. The van der Waals surface area contributed by atoms with Crippen LogP contribution in [0.15, 0.2) is 54.9 Å². The predicted molar refractivity (Wildman–Crippen MR) is 112 cm³/mol. The molecule has 0 aliphatic carbocycles. The lowest BCUT2D eigenvalue weighted by Crippen LogP contribution is -2.42. The largest absolute Gasteiger partial charge is 0.497 e. The fourth-order valence-corrected chi connectivity index (χ4v) is 4.19. The number of fused-ring (bicyclic) bond motifs is 1. The summed E-state index contributed by atoms with van der Waals surface area (Å²) >= 11 is 6.51. The van der Waals surface area contributed by atoms with Gasteiger partial charge >= 0.3 is 0 Å². The number of carbonyl (C=O) groups is 1. The minimum atomic E-state index is -0.169. The maximum Gasteiger partial charge on any atom is 0.231 e. The highest BCUT2D eigenvalue weighted by molar-refractivity contribution is 6.31. The van der Waals surface area contributed by atoms with E-state index >= 15 is 0 Å². The summed E-state index contributed by atoms with van der Waals surface area (Å²) in [4.78, 5) is 19.3. The van der Waals surface area contributed by atoms with Crippen LogP contribution in [0.2, 0.25) is 5.02 Å². The Morgan fingerprint density at radius 2 is 1.93 bits per heavy atom. The molecular formula is C22H23ClN4O2. The third-order valence-corrected chi connectivity index (χ3v) is 5.66. The van der Waals surface area contributed by atoms with Gasteiger partial charge in [0.2, 0.25) is 11.9 Å². The van der Waals surface area contributed by atoms with Crippen LogP contribution in [0.25, 0.3) is 0 Å². The number of aromatic nitrogens is 3. The van der Waals surface area contributed by atoms with E-state index in [0.29, 0.717) is 23.8 Å². The molecule has 0 spiro atoms. The first-order valence-corrected chi connectivity index (χ1v) is 10.1. The molecule has 0 saturated heterocycles. The van der Waals surface area contributed by atoms with Crippen molar-refractivity contribution in [3.05, 3.63) is 71.0 Å². The van der Waals surface area contributed by atoms with Gasteiger partial charge in [0.25, 0.3) is 0 Å². The maximum absolute atomic E-state index is 13.1. The Balaban J connectivity index is 1.83. The molecule has 1 aromatic heterocycles. The van der Waals surface area contributed by atoms with Crippen molar-refractivity contribution in [1.82, 2.24) is 14.8 Å². The summed E-state index contributed by atoms with van der Waals surface area (Å²) in [6, 6.07) is 15.3. The standard InChI is InChI=1S/C22H23ClN4O2/c1-3-6-21(28)26-19(15-9-11-16(29-2)12-10-15)13-20(27-22(26)24-14-25-27)17-7-4-5-8-18(17)23/h4-5,7-12,14,19-20H,3,6,13H2,1-2H3/t19-,20-/m0/s1. The highest BCUT2D eigenvalue weighted by atomic mass is 35.5. The summed E-state index contributed by atoms with van der Waals surface area (Å²) in [5, 5.41) is 5.12. The van der Waals surface area contributed by atoms with Crippen molar-refractivity contribution in [3.8, 4) is 5.75 Å². The Hall–Kier alpha value is -2.86. The number of amides is 1. The summed E-state index contributed by atoms with van der Waals surface area (Å²) in [6.07, 6.45) is 3.38. The normalized spacial score (nSPS) is 18.4. The number of carbonyl (C=O) groups excluding carboxylic acids is 1. The SMILES string of the molecule is CCCC(=O)N1c2ncnn2[C@H](c2ccccc2Cl)C[C@H]1c1ccc(OC)cc1. The van der Waals surface area contributed by atoms with Gasteiger partial charge < -0.3 is 4.74 Å². The van der Waals surface area contributed by atoms with E-state index in [1.54, 1.807) is 12.0 Å². The third kappa shape index (κ3) is 3.60. The summed E-state index contributed by atoms with van der Waals surface area (Å²) in [7, 11) is 1.64. The molecule has 0 saturated carbocycles. The number of nitrogens with zero attached hydrogens (tertiary/aromatic N) is 4. The minimum absolute atomic E-state index is 0.0418. The van der Waals surface area contributed by atoms with E-state index in [1.165, 1.54) is 6.33 Å². The molecule has 0 bridgehead atoms. The average molecular weight is 411 g/mol. The van der Waals surface area contributed by atoms with Crippen LogP contribution in [-0.2, 0) is 4.79 Å². The van der Waals surface area contributed by atoms with Crippen LogP contribution < -0.4 is 9.64 Å². The number of methoxy groups -OCH3 is 1. The van der Waals surface area contributed by atoms with Gasteiger partial charge in [-0.2, -0.15) is 10.1 Å². The number of hydrogen-bond acceptors (Lipinski definition) is 4. The molecule has 2 heterocycles. The summed E-state index contributed by atoms with van der Waals surface area (Å²) in [5.74, 6) is 1.38. The molecule has 1 amide bonds. The molecule has 3 aromatic rings. The summed E-state index contributed by atoms with van der Waals surface area (Å²) < 4.78 is 7.11. The number of ether oxygens (including phenoxy) is 1. The first-order chi connectivity index (χ1) is 14.1. The van der Waals surface area contributed by atoms with Gasteiger partial charge in [-0.3, -0.25) is 9.69 Å². The molecule has 1 aliphatic rings. The Labute approximate surface area is 175 Å². The van der Waals surface area contributed by atoms with Crippen LogP contribution in [0.4, 0.5) is 5.95 Å². The Kier molecular flexibility index (Phi) is 5.53. The van der Waals surface area contributed by atoms with Gasteiger partial charge in [-0.05, 0) is 42.2 Å². The number of anilines is 1. The van der Waals surface area contributed by atoms with Crippen LogP contribution in [0.1, 0.15) is 49.4 Å². The van der Waals surface area contributed by atoms with Crippen molar-refractivity contribution in [1.29, 1.82) is 0 Å². The van der Waals surface area contributed by atoms with Crippen molar-refractivity contribution in [2.45, 2.75) is 38.3 Å². The monoisotopic (exact) mass is 410 g/mol. The Morgan fingerprint density at radius 1 is 1.17 bits per heavy atom. The molecule has 7 heteroatoms. The lowest BCUT2D eigenvalue weighted by atomic mass is 9.91. The highest BCUT2D eigenvalue weighted by Gasteiger charge is 2.39. The quantitative estimate of drug-likeness (QED) is 0.605. The van der Waals surface area contributed by atoms with Crippen molar-refractivity contribution >= 4 is 23.5 Å². The second kappa shape index (κ2) is 8.25. The average Bonchev–Trinajstić information content (AvgIpc) is 3.23. The molecule has 29 heavy (non-hydrogen) atoms. The van der Waals surface area contributed by atoms with Crippen LogP contribution in [-0.4, -0.2) is 27.8 Å². The van der Waals surface area contributed by atoms with E-state index in [4.69, 9.17) is 16.3 Å².